The Balaban J connectivity index is 1.69. The van der Waals surface area contributed by atoms with E-state index in [-0.39, 0.29) is 25.6 Å². The standard InChI is InChI=1S/C19H16ClN3O6/c1-19(13-2-4-14(20)5-3-13)17(24)22(18(25)21-19)8-11-6-15(23(26)27)7-12-9-28-10-29-16(11)12/h2-7H,8-10H2,1H3,(H,21,25)/t19-/m0/s1. The van der Waals surface area contributed by atoms with Crippen LogP contribution in [0.4, 0.5) is 10.5 Å². The molecule has 3 amide bonds. The van der Waals surface area contributed by atoms with Crippen LogP contribution in [0.5, 0.6) is 5.75 Å². The minimum atomic E-state index is -1.27. The topological polar surface area (TPSA) is 111 Å². The largest absolute Gasteiger partial charge is 0.467 e. The highest BCUT2D eigenvalue weighted by Gasteiger charge is 2.49. The van der Waals surface area contributed by atoms with Crippen molar-refractivity contribution in [2.45, 2.75) is 25.6 Å². The summed E-state index contributed by atoms with van der Waals surface area (Å²) in [6.45, 7) is 1.56. The van der Waals surface area contributed by atoms with E-state index in [1.54, 1.807) is 31.2 Å². The molecule has 2 aliphatic rings. The molecule has 0 aromatic heterocycles. The van der Waals surface area contributed by atoms with Crippen LogP contribution in [0.2, 0.25) is 5.02 Å². The quantitative estimate of drug-likeness (QED) is 0.465. The minimum Gasteiger partial charge on any atom is -0.467 e. The van der Waals surface area contributed by atoms with E-state index < -0.39 is 22.4 Å². The molecule has 2 aliphatic heterocycles. The van der Waals surface area contributed by atoms with Crippen molar-refractivity contribution in [2.75, 3.05) is 6.79 Å². The molecule has 29 heavy (non-hydrogen) atoms. The number of urea groups is 1. The summed E-state index contributed by atoms with van der Waals surface area (Å²) in [4.78, 5) is 37.5. The molecule has 150 valence electrons. The number of amides is 3. The fraction of sp³-hybridized carbons (Fsp3) is 0.263. The summed E-state index contributed by atoms with van der Waals surface area (Å²) in [7, 11) is 0. The Hall–Kier alpha value is -3.17. The van der Waals surface area contributed by atoms with Crippen LogP contribution in [0.3, 0.4) is 0 Å². The maximum absolute atomic E-state index is 13.1. The molecule has 1 saturated heterocycles. The number of fused-ring (bicyclic) bond motifs is 1. The average Bonchev–Trinajstić information content (AvgIpc) is 2.92. The number of hydrogen-bond acceptors (Lipinski definition) is 6. The molecule has 9 nitrogen and oxygen atoms in total. The zero-order valence-corrected chi connectivity index (χ0v) is 16.1. The molecule has 1 fully saturated rings. The van der Waals surface area contributed by atoms with E-state index in [4.69, 9.17) is 21.1 Å². The lowest BCUT2D eigenvalue weighted by Gasteiger charge is -2.24. The molecule has 2 aromatic rings. The third-order valence-corrected chi connectivity index (χ3v) is 5.26. The van der Waals surface area contributed by atoms with E-state index in [1.807, 2.05) is 0 Å². The minimum absolute atomic E-state index is 0.0134. The first-order valence-corrected chi connectivity index (χ1v) is 9.08. The number of halogens is 1. The lowest BCUT2D eigenvalue weighted by atomic mass is 9.92. The van der Waals surface area contributed by atoms with E-state index in [2.05, 4.69) is 5.32 Å². The van der Waals surface area contributed by atoms with Gasteiger partial charge in [0.1, 0.15) is 11.3 Å². The van der Waals surface area contributed by atoms with Crippen LogP contribution in [0.15, 0.2) is 36.4 Å². The van der Waals surface area contributed by atoms with Crippen molar-refractivity contribution in [3.63, 3.8) is 0 Å². The van der Waals surface area contributed by atoms with E-state index in [1.165, 1.54) is 12.1 Å². The van der Waals surface area contributed by atoms with Gasteiger partial charge in [-0.1, -0.05) is 23.7 Å². The maximum atomic E-state index is 13.1. The van der Waals surface area contributed by atoms with Gasteiger partial charge >= 0.3 is 6.03 Å². The molecular weight excluding hydrogens is 402 g/mol. The zero-order chi connectivity index (χ0) is 20.8. The fourth-order valence-electron chi connectivity index (χ4n) is 3.49. The maximum Gasteiger partial charge on any atom is 0.325 e. The molecule has 0 unspecified atom stereocenters. The molecule has 10 heteroatoms. The molecule has 0 spiro atoms. The highest BCUT2D eigenvalue weighted by Crippen LogP contribution is 2.36. The second-order valence-electron chi connectivity index (χ2n) is 6.91. The van der Waals surface area contributed by atoms with E-state index in [0.717, 1.165) is 4.90 Å². The lowest BCUT2D eigenvalue weighted by Crippen LogP contribution is -2.40. The molecule has 0 radical (unpaired) electrons. The Morgan fingerprint density at radius 2 is 2.00 bits per heavy atom. The number of hydrogen-bond donors (Lipinski definition) is 1. The van der Waals surface area contributed by atoms with Crippen molar-refractivity contribution < 1.29 is 24.0 Å². The van der Waals surface area contributed by atoms with Crippen molar-refractivity contribution in [1.82, 2.24) is 10.2 Å². The van der Waals surface area contributed by atoms with E-state index in [0.29, 0.717) is 27.5 Å². The Kier molecular flexibility index (Phi) is 4.64. The van der Waals surface area contributed by atoms with Crippen molar-refractivity contribution in [1.29, 1.82) is 0 Å². The highest BCUT2D eigenvalue weighted by atomic mass is 35.5. The number of nitro groups is 1. The number of non-ortho nitro benzene ring substituents is 1. The van der Waals surface area contributed by atoms with Crippen LogP contribution in [-0.4, -0.2) is 28.6 Å². The van der Waals surface area contributed by atoms with Gasteiger partial charge in [0.05, 0.1) is 18.1 Å². The molecule has 0 saturated carbocycles. The van der Waals surface area contributed by atoms with Crippen LogP contribution >= 0.6 is 11.6 Å². The van der Waals surface area contributed by atoms with E-state index >= 15 is 0 Å². The summed E-state index contributed by atoms with van der Waals surface area (Å²) in [5, 5.41) is 14.5. The number of carbonyl (C=O) groups excluding carboxylic acids is 2. The molecule has 2 aromatic carbocycles. The van der Waals surface area contributed by atoms with Crippen molar-refractivity contribution in [3.8, 4) is 5.75 Å². The van der Waals surface area contributed by atoms with Crippen LogP contribution in [0, 0.1) is 10.1 Å². The molecule has 4 rings (SSSR count). The number of imide groups is 1. The normalized spacial score (nSPS) is 20.8. The monoisotopic (exact) mass is 417 g/mol. The van der Waals surface area contributed by atoms with Gasteiger partial charge in [-0.2, -0.15) is 0 Å². The van der Waals surface area contributed by atoms with Crippen molar-refractivity contribution in [2.24, 2.45) is 0 Å². The fourth-order valence-corrected chi connectivity index (χ4v) is 3.62. The van der Waals surface area contributed by atoms with Crippen LogP contribution in [0.25, 0.3) is 0 Å². The van der Waals surface area contributed by atoms with Gasteiger partial charge in [0, 0.05) is 28.3 Å². The first-order chi connectivity index (χ1) is 13.8. The zero-order valence-electron chi connectivity index (χ0n) is 15.3. The Morgan fingerprint density at radius 1 is 1.28 bits per heavy atom. The van der Waals surface area contributed by atoms with Gasteiger partial charge in [0.25, 0.3) is 11.6 Å². The lowest BCUT2D eigenvalue weighted by molar-refractivity contribution is -0.385. The summed E-state index contributed by atoms with van der Waals surface area (Å²) in [5.41, 5.74) is -0.00460. The number of rotatable bonds is 4. The van der Waals surface area contributed by atoms with Gasteiger partial charge in [-0.05, 0) is 24.6 Å². The smallest absolute Gasteiger partial charge is 0.325 e. The second kappa shape index (κ2) is 7.02. The van der Waals surface area contributed by atoms with Crippen LogP contribution < -0.4 is 10.1 Å². The third kappa shape index (κ3) is 3.28. The first kappa shape index (κ1) is 19.2. The summed E-state index contributed by atoms with van der Waals surface area (Å²) >= 11 is 5.91. The van der Waals surface area contributed by atoms with Gasteiger partial charge in [-0.25, -0.2) is 4.79 Å². The van der Waals surface area contributed by atoms with Crippen LogP contribution in [0.1, 0.15) is 23.6 Å². The summed E-state index contributed by atoms with van der Waals surface area (Å²) < 4.78 is 10.7. The summed E-state index contributed by atoms with van der Waals surface area (Å²) in [5.74, 6) is -0.0836. The number of nitrogens with zero attached hydrogens (tertiary/aromatic N) is 2. The predicted molar refractivity (Wildman–Crippen MR) is 101 cm³/mol. The van der Waals surface area contributed by atoms with Crippen LogP contribution in [-0.2, 0) is 28.2 Å². The second-order valence-corrected chi connectivity index (χ2v) is 7.35. The average molecular weight is 418 g/mol. The summed E-state index contributed by atoms with van der Waals surface area (Å²) in [6, 6.07) is 8.67. The third-order valence-electron chi connectivity index (χ3n) is 5.01. The number of nitro benzene ring substituents is 1. The Labute approximate surface area is 170 Å². The molecule has 0 aliphatic carbocycles. The Bertz CT molecular complexity index is 1030. The molecule has 1 atom stereocenters. The molecular formula is C19H16ClN3O6. The number of carbonyl (C=O) groups is 2. The number of benzene rings is 2. The molecule has 2 heterocycles. The van der Waals surface area contributed by atoms with E-state index in [9.17, 15) is 19.7 Å². The number of ether oxygens (including phenoxy) is 2. The first-order valence-electron chi connectivity index (χ1n) is 8.70. The molecule has 1 N–H and O–H groups in total. The van der Waals surface area contributed by atoms with Gasteiger partial charge in [-0.15, -0.1) is 0 Å². The number of nitrogens with one attached hydrogen (secondary N) is 1. The van der Waals surface area contributed by atoms with Gasteiger partial charge in [-0.3, -0.25) is 19.8 Å². The molecule has 0 bridgehead atoms. The highest BCUT2D eigenvalue weighted by molar-refractivity contribution is 6.30. The van der Waals surface area contributed by atoms with Gasteiger partial charge < -0.3 is 14.8 Å². The summed E-state index contributed by atoms with van der Waals surface area (Å²) in [6.07, 6.45) is 0. The SMILES string of the molecule is C[C@@]1(c2ccc(Cl)cc2)NC(=O)N(Cc2cc([N+](=O)[O-])cc3c2OCOC3)C1=O. The van der Waals surface area contributed by atoms with Crippen molar-refractivity contribution >= 4 is 29.2 Å². The predicted octanol–water partition coefficient (Wildman–Crippen LogP) is 3.08. The van der Waals surface area contributed by atoms with Gasteiger partial charge in [0.15, 0.2) is 6.79 Å². The van der Waals surface area contributed by atoms with Gasteiger partial charge in [0.2, 0.25) is 0 Å². The van der Waals surface area contributed by atoms with Crippen molar-refractivity contribution in [3.05, 3.63) is 68.2 Å². The Morgan fingerprint density at radius 3 is 2.69 bits per heavy atom.